The lowest BCUT2D eigenvalue weighted by Crippen LogP contribution is -2.41. The Kier molecular flexibility index (Phi) is 9.25. The van der Waals surface area contributed by atoms with E-state index in [4.69, 9.17) is 32.7 Å². The van der Waals surface area contributed by atoms with Crippen LogP contribution < -0.4 is 14.8 Å². The number of hydrogen-bond donors (Lipinski definition) is 1. The maximum absolute atomic E-state index is 12.9. The van der Waals surface area contributed by atoms with Crippen molar-refractivity contribution in [1.82, 2.24) is 15.2 Å². The van der Waals surface area contributed by atoms with E-state index in [2.05, 4.69) is 10.3 Å². The molecule has 0 spiro atoms. The second-order valence-corrected chi connectivity index (χ2v) is 9.73. The second kappa shape index (κ2) is 12.8. The number of amides is 2. The zero-order valence-corrected chi connectivity index (χ0v) is 22.1. The van der Waals surface area contributed by atoms with Crippen molar-refractivity contribution in [1.29, 1.82) is 0 Å². The van der Waals surface area contributed by atoms with E-state index in [-0.39, 0.29) is 11.8 Å². The number of carbonyl (C=O) groups excluding carboxylic acids is 2. The Morgan fingerprint density at radius 2 is 1.86 bits per heavy atom. The third kappa shape index (κ3) is 7.14. The maximum atomic E-state index is 12.9. The predicted octanol–water partition coefficient (Wildman–Crippen LogP) is 5.30. The highest BCUT2D eigenvalue weighted by Crippen LogP contribution is 2.29. The minimum atomic E-state index is -0.179. The van der Waals surface area contributed by atoms with Crippen LogP contribution in [0.5, 0.6) is 11.5 Å². The van der Waals surface area contributed by atoms with Gasteiger partial charge in [0.25, 0.3) is 11.8 Å². The Morgan fingerprint density at radius 3 is 2.57 bits per heavy atom. The normalized spacial score (nSPS) is 13.8. The molecule has 7 nitrogen and oxygen atoms in total. The highest BCUT2D eigenvalue weighted by molar-refractivity contribution is 6.35. The Balaban J connectivity index is 1.27. The minimum Gasteiger partial charge on any atom is -0.493 e. The quantitative estimate of drug-likeness (QED) is 0.397. The van der Waals surface area contributed by atoms with Crippen molar-refractivity contribution < 1.29 is 19.1 Å². The van der Waals surface area contributed by atoms with Gasteiger partial charge in [-0.3, -0.25) is 14.6 Å². The van der Waals surface area contributed by atoms with Crippen molar-refractivity contribution in [2.24, 2.45) is 5.92 Å². The molecular formula is C28H29Cl2N3O4. The van der Waals surface area contributed by atoms with Crippen LogP contribution in [0.15, 0.2) is 60.9 Å². The first-order chi connectivity index (χ1) is 17.9. The number of nitrogens with one attached hydrogen (secondary N) is 1. The molecule has 0 unspecified atom stereocenters. The highest BCUT2D eigenvalue weighted by atomic mass is 35.5. The van der Waals surface area contributed by atoms with Gasteiger partial charge < -0.3 is 19.7 Å². The van der Waals surface area contributed by atoms with Crippen LogP contribution in [0.4, 0.5) is 0 Å². The molecule has 37 heavy (non-hydrogen) atoms. The third-order valence-corrected chi connectivity index (χ3v) is 7.02. The molecule has 1 fully saturated rings. The first-order valence-corrected chi connectivity index (χ1v) is 12.9. The molecule has 1 N–H and O–H groups in total. The molecule has 4 rings (SSSR count). The number of piperidine rings is 1. The van der Waals surface area contributed by atoms with Crippen molar-refractivity contribution in [2.75, 3.05) is 33.4 Å². The van der Waals surface area contributed by atoms with Gasteiger partial charge in [-0.1, -0.05) is 29.3 Å². The van der Waals surface area contributed by atoms with Crippen LogP contribution >= 0.6 is 23.2 Å². The first kappa shape index (κ1) is 26.8. The van der Waals surface area contributed by atoms with E-state index in [1.807, 2.05) is 11.0 Å². The van der Waals surface area contributed by atoms with Gasteiger partial charge in [0.05, 0.1) is 19.3 Å². The topological polar surface area (TPSA) is 80.8 Å². The summed E-state index contributed by atoms with van der Waals surface area (Å²) in [6.45, 7) is 2.23. The van der Waals surface area contributed by atoms with Crippen LogP contribution in [-0.2, 0) is 6.42 Å². The van der Waals surface area contributed by atoms with Gasteiger partial charge in [0.15, 0.2) is 11.5 Å². The summed E-state index contributed by atoms with van der Waals surface area (Å²) >= 11 is 12.2. The number of ether oxygens (including phenoxy) is 2. The van der Waals surface area contributed by atoms with E-state index < -0.39 is 0 Å². The molecule has 1 aliphatic heterocycles. The Labute approximate surface area is 226 Å². The fourth-order valence-electron chi connectivity index (χ4n) is 4.28. The van der Waals surface area contributed by atoms with Crippen molar-refractivity contribution >= 4 is 35.0 Å². The summed E-state index contributed by atoms with van der Waals surface area (Å²) in [5.41, 5.74) is 2.01. The molecular weight excluding hydrogens is 513 g/mol. The average molecular weight is 542 g/mol. The summed E-state index contributed by atoms with van der Waals surface area (Å²) in [5, 5.41) is 4.19. The van der Waals surface area contributed by atoms with E-state index in [0.717, 1.165) is 18.4 Å². The minimum absolute atomic E-state index is 0.000295. The van der Waals surface area contributed by atoms with Crippen LogP contribution in [0.2, 0.25) is 10.0 Å². The summed E-state index contributed by atoms with van der Waals surface area (Å²) < 4.78 is 11.3. The van der Waals surface area contributed by atoms with Crippen LogP contribution in [-0.4, -0.2) is 55.0 Å². The zero-order chi connectivity index (χ0) is 26.2. The lowest BCUT2D eigenvalue weighted by Gasteiger charge is -2.32. The third-order valence-electron chi connectivity index (χ3n) is 6.43. The molecule has 0 atom stereocenters. The van der Waals surface area contributed by atoms with Crippen LogP contribution in [0, 0.1) is 5.92 Å². The van der Waals surface area contributed by atoms with Crippen molar-refractivity contribution in [2.45, 2.75) is 19.3 Å². The summed E-state index contributed by atoms with van der Waals surface area (Å²) in [6.07, 6.45) is 5.49. The van der Waals surface area contributed by atoms with Crippen molar-refractivity contribution in [3.8, 4) is 11.5 Å². The molecule has 1 aromatic heterocycles. The van der Waals surface area contributed by atoms with Crippen LogP contribution in [0.25, 0.3) is 0 Å². The van der Waals surface area contributed by atoms with Gasteiger partial charge in [0.1, 0.15) is 0 Å². The standard InChI is InChI=1S/C28H29Cl2N3O4/c1-36-25-7-5-21(15-26(25)37-14-10-20-4-6-23(29)16-24(20)30)27(34)32-17-19-8-12-33(13-9-19)28(35)22-3-2-11-31-18-22/h2-7,11,15-16,18-19H,8-10,12-14,17H2,1H3,(H,32,34). The number of benzene rings is 2. The number of pyridine rings is 1. The number of rotatable bonds is 9. The van der Waals surface area contributed by atoms with Gasteiger partial charge in [-0.15, -0.1) is 0 Å². The first-order valence-electron chi connectivity index (χ1n) is 12.2. The molecule has 0 saturated carbocycles. The molecule has 3 aromatic rings. The molecule has 0 bridgehead atoms. The van der Waals surface area contributed by atoms with Gasteiger partial charge in [0.2, 0.25) is 0 Å². The van der Waals surface area contributed by atoms with E-state index in [1.54, 1.807) is 62.0 Å². The lowest BCUT2D eigenvalue weighted by molar-refractivity contribution is 0.0684. The lowest BCUT2D eigenvalue weighted by atomic mass is 9.96. The number of hydrogen-bond acceptors (Lipinski definition) is 5. The molecule has 1 saturated heterocycles. The highest BCUT2D eigenvalue weighted by Gasteiger charge is 2.24. The SMILES string of the molecule is COc1ccc(C(=O)NCC2CCN(C(=O)c3cccnc3)CC2)cc1OCCc1ccc(Cl)cc1Cl. The van der Waals surface area contributed by atoms with Crippen molar-refractivity contribution in [3.05, 3.63) is 87.7 Å². The van der Waals surface area contributed by atoms with E-state index in [9.17, 15) is 9.59 Å². The molecule has 1 aliphatic rings. The fourth-order valence-corrected chi connectivity index (χ4v) is 4.78. The molecule has 0 radical (unpaired) electrons. The van der Waals surface area contributed by atoms with Gasteiger partial charge >= 0.3 is 0 Å². The van der Waals surface area contributed by atoms with Crippen LogP contribution in [0.1, 0.15) is 39.1 Å². The van der Waals surface area contributed by atoms with Crippen LogP contribution in [0.3, 0.4) is 0 Å². The van der Waals surface area contributed by atoms with Gasteiger partial charge in [0, 0.05) is 54.1 Å². The monoisotopic (exact) mass is 541 g/mol. The molecule has 9 heteroatoms. The summed E-state index contributed by atoms with van der Waals surface area (Å²) in [4.78, 5) is 31.3. The Hall–Kier alpha value is -3.29. The number of halogens is 2. The molecule has 2 amide bonds. The Bertz CT molecular complexity index is 1230. The molecule has 2 heterocycles. The second-order valence-electron chi connectivity index (χ2n) is 8.89. The fraction of sp³-hybridized carbons (Fsp3) is 0.321. The number of methoxy groups -OCH3 is 1. The van der Waals surface area contributed by atoms with E-state index in [0.29, 0.717) is 71.3 Å². The van der Waals surface area contributed by atoms with Crippen molar-refractivity contribution in [3.63, 3.8) is 0 Å². The number of aromatic nitrogens is 1. The average Bonchev–Trinajstić information content (AvgIpc) is 2.93. The molecule has 0 aliphatic carbocycles. The van der Waals surface area contributed by atoms with Gasteiger partial charge in [-0.2, -0.15) is 0 Å². The number of nitrogens with zero attached hydrogens (tertiary/aromatic N) is 2. The maximum Gasteiger partial charge on any atom is 0.255 e. The summed E-state index contributed by atoms with van der Waals surface area (Å²) in [5.74, 6) is 1.16. The summed E-state index contributed by atoms with van der Waals surface area (Å²) in [7, 11) is 1.56. The smallest absolute Gasteiger partial charge is 0.255 e. The van der Waals surface area contributed by atoms with Gasteiger partial charge in [-0.05, 0) is 66.8 Å². The predicted molar refractivity (Wildman–Crippen MR) is 144 cm³/mol. The zero-order valence-electron chi connectivity index (χ0n) is 20.6. The molecule has 194 valence electrons. The summed E-state index contributed by atoms with van der Waals surface area (Å²) in [6, 6.07) is 14.0. The molecule has 2 aromatic carbocycles. The van der Waals surface area contributed by atoms with Gasteiger partial charge in [-0.25, -0.2) is 0 Å². The van der Waals surface area contributed by atoms with E-state index in [1.165, 1.54) is 0 Å². The number of carbonyl (C=O) groups is 2. The Morgan fingerprint density at radius 1 is 1.05 bits per heavy atom. The largest absolute Gasteiger partial charge is 0.493 e. The van der Waals surface area contributed by atoms with E-state index >= 15 is 0 Å². The number of likely N-dealkylation sites (tertiary alicyclic amines) is 1.